The Bertz CT molecular complexity index is 1640. The molecule has 0 aromatic rings. The zero-order valence-corrected chi connectivity index (χ0v) is 46.8. The Morgan fingerprint density at radius 2 is 0.756 bits per heavy atom. The van der Waals surface area contributed by atoms with Crippen molar-refractivity contribution in [2.45, 2.75) is 128 Å². The van der Waals surface area contributed by atoms with Crippen LogP contribution in [0.4, 0.5) is 0 Å². The van der Waals surface area contributed by atoms with E-state index in [1.165, 1.54) is 0 Å². The lowest BCUT2D eigenvalue weighted by Gasteiger charge is -2.19. The highest BCUT2D eigenvalue weighted by Crippen LogP contribution is 2.14. The Morgan fingerprint density at radius 3 is 1.12 bits per heavy atom. The number of hydrogen-bond donors (Lipinski definition) is 6. The van der Waals surface area contributed by atoms with E-state index < -0.39 is 58.3 Å². The van der Waals surface area contributed by atoms with Crippen LogP contribution in [0.3, 0.4) is 0 Å². The van der Waals surface area contributed by atoms with Gasteiger partial charge in [-0.1, -0.05) is 75.7 Å². The minimum Gasteiger partial charge on any atom is -0.481 e. The molecule has 0 saturated heterocycles. The van der Waals surface area contributed by atoms with Gasteiger partial charge in [-0.05, 0) is 31.2 Å². The van der Waals surface area contributed by atoms with E-state index >= 15 is 0 Å². The SMILES string of the molecule is [N-]=[N+]=NCCOCCOCCOCCOCCOCCOCCOCCOCCOCCOCCOCCNC(=O)[C@H](CCC(=O)O)NC(=O)CC[C@H](NC(=O)CCCCCCCCCCCCCCCS(=O)(=O)O)C(=O)O. The number of carboxylic acid groups (broad SMARTS) is 2. The Hall–Kier alpha value is -3.87. The molecule has 0 aliphatic carbocycles. The fraction of sp³-hybridized carbons (Fsp3) is 0.900. The fourth-order valence-corrected chi connectivity index (χ4v) is 7.51. The van der Waals surface area contributed by atoms with Crippen molar-refractivity contribution in [1.82, 2.24) is 16.0 Å². The number of nitrogens with one attached hydrogen (secondary N) is 3. The molecule has 0 fully saturated rings. The molecule has 0 rings (SSSR count). The van der Waals surface area contributed by atoms with Crippen LogP contribution in [0.1, 0.15) is 116 Å². The molecule has 0 spiro atoms. The number of unbranched alkanes of at least 4 members (excludes halogenated alkanes) is 12. The maximum atomic E-state index is 12.8. The van der Waals surface area contributed by atoms with E-state index in [4.69, 9.17) is 62.2 Å². The fourth-order valence-electron chi connectivity index (χ4n) is 6.94. The molecule has 456 valence electrons. The lowest BCUT2D eigenvalue weighted by molar-refractivity contribution is -0.142. The smallest absolute Gasteiger partial charge is 0.326 e. The molecule has 0 saturated carbocycles. The Morgan fingerprint density at radius 1 is 0.436 bits per heavy atom. The number of carbonyl (C=O) groups is 5. The number of amides is 3. The molecule has 0 unspecified atom stereocenters. The molecule has 0 aromatic heterocycles. The molecular formula is C50H94N6O21S. The van der Waals surface area contributed by atoms with Crippen LogP contribution in [0.25, 0.3) is 10.4 Å². The largest absolute Gasteiger partial charge is 0.481 e. The molecule has 0 aliphatic heterocycles. The van der Waals surface area contributed by atoms with E-state index in [0.717, 1.165) is 70.6 Å². The van der Waals surface area contributed by atoms with Crippen LogP contribution in [0, 0.1) is 0 Å². The van der Waals surface area contributed by atoms with Gasteiger partial charge in [0.25, 0.3) is 10.1 Å². The van der Waals surface area contributed by atoms with Gasteiger partial charge in [-0.15, -0.1) is 0 Å². The average Bonchev–Trinajstić information content (AvgIpc) is 3.40. The minimum absolute atomic E-state index is 0.0792. The summed E-state index contributed by atoms with van der Waals surface area (Å²) in [7, 11) is -3.87. The third kappa shape index (κ3) is 56.8. The second-order valence-electron chi connectivity index (χ2n) is 17.7. The molecular weight excluding hydrogens is 1050 g/mol. The predicted molar refractivity (Wildman–Crippen MR) is 285 cm³/mol. The highest BCUT2D eigenvalue weighted by molar-refractivity contribution is 7.85. The van der Waals surface area contributed by atoms with Crippen LogP contribution < -0.4 is 16.0 Å². The van der Waals surface area contributed by atoms with Crippen LogP contribution in [-0.2, 0) is 86.2 Å². The molecule has 78 heavy (non-hydrogen) atoms. The maximum absolute atomic E-state index is 12.8. The highest BCUT2D eigenvalue weighted by atomic mass is 32.2. The Kier molecular flexibility index (Phi) is 53.6. The number of carboxylic acids is 2. The monoisotopic (exact) mass is 1150 g/mol. The molecule has 27 nitrogen and oxygen atoms in total. The van der Waals surface area contributed by atoms with Crippen molar-refractivity contribution >= 4 is 39.8 Å². The van der Waals surface area contributed by atoms with Gasteiger partial charge in [-0.2, -0.15) is 8.42 Å². The van der Waals surface area contributed by atoms with Gasteiger partial charge in [0.05, 0.1) is 151 Å². The van der Waals surface area contributed by atoms with E-state index in [9.17, 15) is 42.6 Å². The highest BCUT2D eigenvalue weighted by Gasteiger charge is 2.25. The number of azide groups is 1. The van der Waals surface area contributed by atoms with Crippen molar-refractivity contribution < 1.29 is 99.3 Å². The van der Waals surface area contributed by atoms with E-state index in [-0.39, 0.29) is 57.8 Å². The molecule has 0 aliphatic rings. The average molecular weight is 1150 g/mol. The Balaban J connectivity index is 3.81. The van der Waals surface area contributed by atoms with Crippen molar-refractivity contribution in [2.24, 2.45) is 5.11 Å². The van der Waals surface area contributed by atoms with Gasteiger partial charge in [-0.25, -0.2) is 4.79 Å². The number of nitrogens with zero attached hydrogens (tertiary/aromatic N) is 3. The lowest BCUT2D eigenvalue weighted by atomic mass is 10.0. The summed E-state index contributed by atoms with van der Waals surface area (Å²) in [6, 6.07) is -2.49. The molecule has 0 bridgehead atoms. The molecule has 3 amide bonds. The van der Waals surface area contributed by atoms with Crippen LogP contribution in [0.2, 0.25) is 0 Å². The first-order valence-corrected chi connectivity index (χ1v) is 29.1. The first kappa shape index (κ1) is 74.1. The minimum atomic E-state index is -3.87. The summed E-state index contributed by atoms with van der Waals surface area (Å²) in [5.74, 6) is -4.36. The molecule has 28 heteroatoms. The topological polar surface area (TPSA) is 367 Å². The molecule has 0 radical (unpaired) electrons. The first-order chi connectivity index (χ1) is 37.9. The summed E-state index contributed by atoms with van der Waals surface area (Å²) in [6.07, 6.45) is 11.3. The Labute approximate surface area is 461 Å². The zero-order valence-electron chi connectivity index (χ0n) is 46.0. The van der Waals surface area contributed by atoms with Crippen molar-refractivity contribution in [3.8, 4) is 0 Å². The predicted octanol–water partition coefficient (Wildman–Crippen LogP) is 3.64. The van der Waals surface area contributed by atoms with Crippen molar-refractivity contribution in [3.05, 3.63) is 10.4 Å². The standard InChI is InChI=1S/C50H94N6O21S/c51-56-53-20-22-68-24-26-70-28-30-72-32-34-74-36-38-76-40-42-77-41-39-75-37-35-73-33-31-71-29-27-69-25-23-67-21-19-52-49(61)44(16-18-48(59)60)54-47(58)17-15-45(50(62)63)55-46(57)14-12-10-8-6-4-2-1-3-5-7-9-11-13-43-78(64,65)66/h44-45H,1-43H2,(H,52,61)(H,54,58)(H,55,57)(H,59,60)(H,62,63)(H,64,65,66)/t44-,45-/m0/s1. The normalized spacial score (nSPS) is 12.2. The molecule has 6 N–H and O–H groups in total. The first-order valence-electron chi connectivity index (χ1n) is 27.5. The lowest BCUT2D eigenvalue weighted by Crippen LogP contribution is -2.48. The zero-order chi connectivity index (χ0) is 57.3. The summed E-state index contributed by atoms with van der Waals surface area (Å²) >= 11 is 0. The summed E-state index contributed by atoms with van der Waals surface area (Å²) in [5.41, 5.74) is 8.17. The van der Waals surface area contributed by atoms with E-state index in [1.807, 2.05) is 0 Å². The second-order valence-corrected chi connectivity index (χ2v) is 19.2. The summed E-state index contributed by atoms with van der Waals surface area (Å²) in [4.78, 5) is 63.8. The van der Waals surface area contributed by atoms with Gasteiger partial charge in [0.15, 0.2) is 0 Å². The molecule has 0 heterocycles. The summed E-state index contributed by atoms with van der Waals surface area (Å²) in [5, 5.41) is 29.8. The van der Waals surface area contributed by atoms with Crippen LogP contribution in [-0.4, -0.2) is 229 Å². The van der Waals surface area contributed by atoms with Crippen LogP contribution in [0.15, 0.2) is 5.11 Å². The second kappa shape index (κ2) is 56.4. The van der Waals surface area contributed by atoms with Gasteiger partial charge in [-0.3, -0.25) is 23.7 Å². The summed E-state index contributed by atoms with van der Waals surface area (Å²) < 4.78 is 90.1. The number of ether oxygens (including phenoxy) is 11. The quantitative estimate of drug-likeness (QED) is 0.0166. The van der Waals surface area contributed by atoms with Crippen molar-refractivity contribution in [2.75, 3.05) is 164 Å². The van der Waals surface area contributed by atoms with Crippen LogP contribution >= 0.6 is 0 Å². The van der Waals surface area contributed by atoms with Gasteiger partial charge in [0.2, 0.25) is 17.7 Å². The molecule has 0 aromatic carbocycles. The molecule has 2 atom stereocenters. The van der Waals surface area contributed by atoms with Gasteiger partial charge in [0, 0.05) is 37.3 Å². The van der Waals surface area contributed by atoms with E-state index in [1.54, 1.807) is 0 Å². The number of aliphatic carboxylic acids is 2. The summed E-state index contributed by atoms with van der Waals surface area (Å²) in [6.45, 7) is 9.08. The number of carbonyl (C=O) groups excluding carboxylic acids is 3. The van der Waals surface area contributed by atoms with E-state index in [0.29, 0.717) is 145 Å². The van der Waals surface area contributed by atoms with Gasteiger partial charge in [0.1, 0.15) is 12.1 Å². The number of rotatable bonds is 62. The van der Waals surface area contributed by atoms with E-state index in [2.05, 4.69) is 26.0 Å². The van der Waals surface area contributed by atoms with Crippen LogP contribution in [0.5, 0.6) is 0 Å². The number of hydrogen-bond acceptors (Lipinski definition) is 19. The third-order valence-electron chi connectivity index (χ3n) is 11.1. The third-order valence-corrected chi connectivity index (χ3v) is 11.9. The van der Waals surface area contributed by atoms with Gasteiger partial charge >= 0.3 is 11.9 Å². The van der Waals surface area contributed by atoms with Crippen molar-refractivity contribution in [1.29, 1.82) is 0 Å². The maximum Gasteiger partial charge on any atom is 0.326 e. The van der Waals surface area contributed by atoms with Crippen molar-refractivity contribution in [3.63, 3.8) is 0 Å². The van der Waals surface area contributed by atoms with Gasteiger partial charge < -0.3 is 78.3 Å².